The average Bonchev–Trinajstić information content (AvgIpc) is 3.19. The first-order valence-corrected chi connectivity index (χ1v) is 14.1. The van der Waals surface area contributed by atoms with E-state index in [1.54, 1.807) is 23.1 Å². The molecular formula is C27H39IN2O8. The van der Waals surface area contributed by atoms with Crippen LogP contribution in [0.4, 0.5) is 0 Å². The van der Waals surface area contributed by atoms with Crippen molar-refractivity contribution in [1.29, 1.82) is 0 Å². The lowest BCUT2D eigenvalue weighted by molar-refractivity contribution is -0.146. The summed E-state index contributed by atoms with van der Waals surface area (Å²) in [6, 6.07) is 2.61. The molecule has 212 valence electrons. The molecule has 3 rings (SSSR count). The molecule has 1 fully saturated rings. The minimum Gasteiger partial charge on any atom is -0.493 e. The number of carbonyl (C=O) groups excluding carboxylic acids is 2. The van der Waals surface area contributed by atoms with Crippen molar-refractivity contribution in [2.75, 3.05) is 34.0 Å². The highest BCUT2D eigenvalue weighted by atomic mass is 127. The van der Waals surface area contributed by atoms with Crippen molar-refractivity contribution in [2.45, 2.75) is 75.8 Å². The fourth-order valence-electron chi connectivity index (χ4n) is 5.26. The molecule has 0 spiro atoms. The SMILES string of the molecule is COCC(=O)N(C1CCCCCC1)[C@@H]1CC(C(=O)NCCO)=C[C@H](Oc2c(I)cc(CO)cc2OC)[C@H]1O. The molecule has 11 heteroatoms. The van der Waals surface area contributed by atoms with Crippen LogP contribution in [-0.2, 0) is 20.9 Å². The third-order valence-electron chi connectivity index (χ3n) is 7.07. The maximum Gasteiger partial charge on any atom is 0.249 e. The van der Waals surface area contributed by atoms with Gasteiger partial charge in [-0.1, -0.05) is 25.7 Å². The van der Waals surface area contributed by atoms with Gasteiger partial charge in [-0.15, -0.1) is 0 Å². The maximum absolute atomic E-state index is 13.4. The Bertz CT molecular complexity index is 980. The minimum absolute atomic E-state index is 0.0816. The Kier molecular flexibility index (Phi) is 12.1. The van der Waals surface area contributed by atoms with E-state index in [0.717, 1.165) is 38.5 Å². The van der Waals surface area contributed by atoms with Crippen molar-refractivity contribution in [2.24, 2.45) is 0 Å². The fraction of sp³-hybridized carbons (Fsp3) is 0.630. The van der Waals surface area contributed by atoms with Crippen molar-refractivity contribution in [3.8, 4) is 11.5 Å². The summed E-state index contributed by atoms with van der Waals surface area (Å²) >= 11 is 2.07. The molecule has 0 radical (unpaired) electrons. The third-order valence-corrected chi connectivity index (χ3v) is 7.87. The summed E-state index contributed by atoms with van der Waals surface area (Å²) in [4.78, 5) is 28.1. The molecule has 0 saturated heterocycles. The van der Waals surface area contributed by atoms with Crippen molar-refractivity contribution in [3.63, 3.8) is 0 Å². The Morgan fingerprint density at radius 3 is 2.45 bits per heavy atom. The van der Waals surface area contributed by atoms with Crippen molar-refractivity contribution in [1.82, 2.24) is 10.2 Å². The number of hydrogen-bond donors (Lipinski definition) is 4. The second kappa shape index (κ2) is 15.0. The second-order valence-corrected chi connectivity index (χ2v) is 10.8. The van der Waals surface area contributed by atoms with Crippen LogP contribution in [0.15, 0.2) is 23.8 Å². The Balaban J connectivity index is 2.02. The number of benzene rings is 1. The molecule has 2 aliphatic carbocycles. The number of hydrogen-bond acceptors (Lipinski definition) is 8. The largest absolute Gasteiger partial charge is 0.493 e. The van der Waals surface area contributed by atoms with Gasteiger partial charge in [0.1, 0.15) is 18.8 Å². The lowest BCUT2D eigenvalue weighted by Crippen LogP contribution is -2.58. The van der Waals surface area contributed by atoms with Crippen LogP contribution < -0.4 is 14.8 Å². The summed E-state index contributed by atoms with van der Waals surface area (Å²) in [6.07, 6.45) is 5.41. The van der Waals surface area contributed by atoms with E-state index in [9.17, 15) is 24.9 Å². The van der Waals surface area contributed by atoms with E-state index in [2.05, 4.69) is 27.9 Å². The van der Waals surface area contributed by atoms with Crippen LogP contribution in [0.3, 0.4) is 0 Å². The molecule has 10 nitrogen and oxygen atoms in total. The molecular weight excluding hydrogens is 607 g/mol. The molecule has 4 N–H and O–H groups in total. The Morgan fingerprint density at radius 1 is 1.13 bits per heavy atom. The Morgan fingerprint density at radius 2 is 1.84 bits per heavy atom. The molecule has 0 unspecified atom stereocenters. The third kappa shape index (κ3) is 7.59. The van der Waals surface area contributed by atoms with Crippen LogP contribution in [0.25, 0.3) is 0 Å². The topological polar surface area (TPSA) is 138 Å². The molecule has 38 heavy (non-hydrogen) atoms. The fourth-order valence-corrected chi connectivity index (χ4v) is 6.05. The van der Waals surface area contributed by atoms with Crippen LogP contribution in [0.1, 0.15) is 50.5 Å². The van der Waals surface area contributed by atoms with E-state index in [4.69, 9.17) is 14.2 Å². The highest BCUT2D eigenvalue weighted by Gasteiger charge is 2.43. The minimum atomic E-state index is -1.13. The van der Waals surface area contributed by atoms with Crippen molar-refractivity contribution < 1.29 is 39.1 Å². The Hall–Kier alpha value is -1.93. The predicted octanol–water partition coefficient (Wildman–Crippen LogP) is 1.91. The van der Waals surface area contributed by atoms with Crippen molar-refractivity contribution >= 4 is 34.4 Å². The molecule has 3 atom stereocenters. The zero-order valence-corrected chi connectivity index (χ0v) is 24.2. The maximum atomic E-state index is 13.4. The number of amides is 2. The number of aliphatic hydroxyl groups excluding tert-OH is 3. The zero-order valence-electron chi connectivity index (χ0n) is 22.0. The van der Waals surface area contributed by atoms with Gasteiger partial charge in [0.15, 0.2) is 11.5 Å². The van der Waals surface area contributed by atoms with Crippen LogP contribution in [-0.4, -0.2) is 90.3 Å². The Labute approximate surface area is 237 Å². The first-order valence-electron chi connectivity index (χ1n) is 13.1. The van der Waals surface area contributed by atoms with Gasteiger partial charge in [-0.05, 0) is 59.2 Å². The summed E-state index contributed by atoms with van der Waals surface area (Å²) in [5.41, 5.74) is 1.01. The smallest absolute Gasteiger partial charge is 0.249 e. The molecule has 0 aliphatic heterocycles. The zero-order chi connectivity index (χ0) is 27.7. The van der Waals surface area contributed by atoms with Gasteiger partial charge in [-0.25, -0.2) is 0 Å². The van der Waals surface area contributed by atoms with Crippen LogP contribution in [0, 0.1) is 3.57 Å². The number of aliphatic hydroxyl groups is 3. The highest BCUT2D eigenvalue weighted by molar-refractivity contribution is 14.1. The van der Waals surface area contributed by atoms with E-state index in [1.165, 1.54) is 14.2 Å². The first kappa shape index (κ1) is 30.6. The van der Waals surface area contributed by atoms with Gasteiger partial charge >= 0.3 is 0 Å². The molecule has 0 bridgehead atoms. The van der Waals surface area contributed by atoms with E-state index in [-0.39, 0.29) is 50.6 Å². The lowest BCUT2D eigenvalue weighted by Gasteiger charge is -2.44. The molecule has 2 aliphatic rings. The summed E-state index contributed by atoms with van der Waals surface area (Å²) < 4.78 is 17.6. The van der Waals surface area contributed by atoms with Gasteiger partial charge in [0.05, 0.1) is 29.9 Å². The summed E-state index contributed by atoms with van der Waals surface area (Å²) in [5.74, 6) is 0.122. The van der Waals surface area contributed by atoms with E-state index < -0.39 is 18.2 Å². The lowest BCUT2D eigenvalue weighted by atomic mass is 9.86. The number of nitrogens with one attached hydrogen (secondary N) is 1. The average molecular weight is 647 g/mol. The normalized spacial score (nSPS) is 22.3. The quantitative estimate of drug-likeness (QED) is 0.212. The second-order valence-electron chi connectivity index (χ2n) is 9.66. The van der Waals surface area contributed by atoms with Gasteiger partial charge in [-0.3, -0.25) is 9.59 Å². The van der Waals surface area contributed by atoms with E-state index in [0.29, 0.717) is 26.2 Å². The number of rotatable bonds is 11. The molecule has 1 aromatic rings. The van der Waals surface area contributed by atoms with Gasteiger partial charge in [0, 0.05) is 31.7 Å². The molecule has 1 aromatic carbocycles. The van der Waals surface area contributed by atoms with E-state index in [1.807, 2.05) is 0 Å². The highest BCUT2D eigenvalue weighted by Crippen LogP contribution is 2.38. The van der Waals surface area contributed by atoms with Crippen LogP contribution in [0.2, 0.25) is 0 Å². The summed E-state index contributed by atoms with van der Waals surface area (Å²) in [5, 5.41) is 33.1. The summed E-state index contributed by atoms with van der Waals surface area (Å²) in [7, 11) is 2.95. The van der Waals surface area contributed by atoms with Gasteiger partial charge in [0.2, 0.25) is 11.8 Å². The number of carbonyl (C=O) groups is 2. The van der Waals surface area contributed by atoms with E-state index >= 15 is 0 Å². The van der Waals surface area contributed by atoms with Crippen LogP contribution in [0.5, 0.6) is 11.5 Å². The monoisotopic (exact) mass is 646 g/mol. The molecule has 1 saturated carbocycles. The standard InChI is InChI=1S/C27H39IN2O8/c1-36-16-24(33)30(19-7-5-3-4-6-8-19)21-13-18(27(35)29-9-10-31)14-22(25(21)34)38-26-20(28)11-17(15-32)12-23(26)37-2/h11-12,14,19,21-22,25,31-32,34H,3-10,13,15-16H2,1-2H3,(H,29,35)/t21-,22+,25+/m1/s1. The first-order chi connectivity index (χ1) is 18.3. The van der Waals surface area contributed by atoms with Gasteiger partial charge < -0.3 is 39.7 Å². The molecule has 0 aromatic heterocycles. The number of methoxy groups -OCH3 is 2. The molecule has 2 amide bonds. The molecule has 0 heterocycles. The number of halogens is 1. The van der Waals surface area contributed by atoms with Crippen LogP contribution >= 0.6 is 22.6 Å². The number of ether oxygens (including phenoxy) is 3. The van der Waals surface area contributed by atoms with Gasteiger partial charge in [-0.2, -0.15) is 0 Å². The van der Waals surface area contributed by atoms with Crippen molar-refractivity contribution in [3.05, 3.63) is 32.9 Å². The van der Waals surface area contributed by atoms with Gasteiger partial charge in [0.25, 0.3) is 0 Å². The number of nitrogens with zero attached hydrogens (tertiary/aromatic N) is 1. The predicted molar refractivity (Wildman–Crippen MR) is 149 cm³/mol. The summed E-state index contributed by atoms with van der Waals surface area (Å²) in [6.45, 7) is -0.431.